The third-order valence-corrected chi connectivity index (χ3v) is 4.09. The van der Waals surface area contributed by atoms with Crippen LogP contribution in [-0.2, 0) is 6.61 Å². The number of carboxylic acids is 1. The Kier molecular flexibility index (Phi) is 6.42. The van der Waals surface area contributed by atoms with Gasteiger partial charge in [0.05, 0.1) is 18.9 Å². The molecule has 3 aromatic rings. The molecule has 0 aliphatic rings. The Bertz CT molecular complexity index is 1020. The lowest BCUT2D eigenvalue weighted by atomic mass is 10.1. The molecule has 0 aliphatic heterocycles. The number of aromatic carboxylic acids is 1. The molecule has 0 bridgehead atoms. The number of methoxy groups -OCH3 is 1. The summed E-state index contributed by atoms with van der Waals surface area (Å²) in [5.41, 5.74) is 5.83. The van der Waals surface area contributed by atoms with E-state index in [1.807, 2.05) is 43.3 Å². The minimum absolute atomic E-state index is 0.110. The second kappa shape index (κ2) is 9.36. The molecular formula is C22H21N3O4. The van der Waals surface area contributed by atoms with E-state index in [0.717, 1.165) is 11.1 Å². The summed E-state index contributed by atoms with van der Waals surface area (Å²) in [5.74, 6) is 0.581. The monoisotopic (exact) mass is 391 g/mol. The number of hydrazone groups is 1. The summed E-state index contributed by atoms with van der Waals surface area (Å²) in [4.78, 5) is 14.9. The fourth-order valence-electron chi connectivity index (χ4n) is 2.66. The van der Waals surface area contributed by atoms with Crippen molar-refractivity contribution in [2.75, 3.05) is 12.5 Å². The molecule has 7 nitrogen and oxygen atoms in total. The van der Waals surface area contributed by atoms with Crippen LogP contribution in [0.15, 0.2) is 65.9 Å². The number of nitrogens with one attached hydrogen (secondary N) is 1. The lowest BCUT2D eigenvalue weighted by Gasteiger charge is -2.13. The van der Waals surface area contributed by atoms with Crippen molar-refractivity contribution in [1.82, 2.24) is 4.98 Å². The first-order chi connectivity index (χ1) is 14.1. The molecule has 2 N–H and O–H groups in total. The van der Waals surface area contributed by atoms with Gasteiger partial charge in [0.15, 0.2) is 11.5 Å². The summed E-state index contributed by atoms with van der Waals surface area (Å²) in [6.45, 7) is 2.43. The van der Waals surface area contributed by atoms with E-state index < -0.39 is 5.97 Å². The summed E-state index contributed by atoms with van der Waals surface area (Å²) in [5, 5.41) is 13.1. The Morgan fingerprint density at radius 3 is 2.72 bits per heavy atom. The van der Waals surface area contributed by atoms with Crippen LogP contribution in [0.3, 0.4) is 0 Å². The molecule has 0 fully saturated rings. The standard InChI is InChI=1S/C22H21N3O4/c1-15-5-3-6-16(11-15)14-29-21-17(7-4-8-19(21)28-2)13-24-25-20-10-9-18(12-23-20)22(26)27/h3-13H,14H2,1-2H3,(H,23,25)(H,26,27)/b24-13+. The number of rotatable bonds is 8. The number of hydrogen-bond donors (Lipinski definition) is 2. The zero-order valence-corrected chi connectivity index (χ0v) is 16.1. The normalized spacial score (nSPS) is 10.7. The average molecular weight is 391 g/mol. The highest BCUT2D eigenvalue weighted by Gasteiger charge is 2.10. The maximum absolute atomic E-state index is 10.9. The van der Waals surface area contributed by atoms with Crippen LogP contribution in [0.1, 0.15) is 27.0 Å². The molecule has 0 saturated heterocycles. The number of para-hydroxylation sites is 1. The van der Waals surface area contributed by atoms with Crippen LogP contribution in [0.5, 0.6) is 11.5 Å². The molecule has 0 aliphatic carbocycles. The summed E-state index contributed by atoms with van der Waals surface area (Å²) in [6, 6.07) is 16.6. The fourth-order valence-corrected chi connectivity index (χ4v) is 2.66. The van der Waals surface area contributed by atoms with Crippen LogP contribution in [-0.4, -0.2) is 29.4 Å². The van der Waals surface area contributed by atoms with Gasteiger partial charge in [-0.1, -0.05) is 35.9 Å². The lowest BCUT2D eigenvalue weighted by molar-refractivity contribution is 0.0696. The predicted octanol–water partition coefficient (Wildman–Crippen LogP) is 4.12. The molecule has 1 heterocycles. The summed E-state index contributed by atoms with van der Waals surface area (Å²) < 4.78 is 11.4. The SMILES string of the molecule is COc1cccc(/C=N/Nc2ccc(C(=O)O)cn2)c1OCc1cccc(C)c1. The van der Waals surface area contributed by atoms with Crippen molar-refractivity contribution < 1.29 is 19.4 Å². The molecule has 0 saturated carbocycles. The van der Waals surface area contributed by atoms with E-state index in [2.05, 4.69) is 21.6 Å². The number of anilines is 1. The van der Waals surface area contributed by atoms with E-state index in [9.17, 15) is 4.79 Å². The van der Waals surface area contributed by atoms with E-state index in [1.54, 1.807) is 19.4 Å². The highest BCUT2D eigenvalue weighted by atomic mass is 16.5. The van der Waals surface area contributed by atoms with Crippen LogP contribution >= 0.6 is 0 Å². The minimum Gasteiger partial charge on any atom is -0.493 e. The van der Waals surface area contributed by atoms with Gasteiger partial charge in [0.2, 0.25) is 0 Å². The van der Waals surface area contributed by atoms with Gasteiger partial charge >= 0.3 is 5.97 Å². The third kappa shape index (κ3) is 5.32. The second-order valence-electron chi connectivity index (χ2n) is 6.26. The molecule has 7 heteroatoms. The Morgan fingerprint density at radius 1 is 1.21 bits per heavy atom. The van der Waals surface area contributed by atoms with Gasteiger partial charge in [0.1, 0.15) is 12.4 Å². The minimum atomic E-state index is -1.03. The van der Waals surface area contributed by atoms with Crippen molar-refractivity contribution >= 4 is 18.0 Å². The van der Waals surface area contributed by atoms with E-state index in [1.165, 1.54) is 17.8 Å². The number of carboxylic acid groups (broad SMARTS) is 1. The number of carbonyl (C=O) groups is 1. The number of pyridine rings is 1. The Balaban J connectivity index is 1.74. The van der Waals surface area contributed by atoms with E-state index >= 15 is 0 Å². The third-order valence-electron chi connectivity index (χ3n) is 4.09. The number of ether oxygens (including phenoxy) is 2. The molecule has 3 rings (SSSR count). The fraction of sp³-hybridized carbons (Fsp3) is 0.136. The Labute approximate surface area is 168 Å². The molecule has 1 aromatic heterocycles. The largest absolute Gasteiger partial charge is 0.493 e. The van der Waals surface area contributed by atoms with Crippen LogP contribution in [0, 0.1) is 6.92 Å². The molecule has 29 heavy (non-hydrogen) atoms. The quantitative estimate of drug-likeness (QED) is 0.443. The molecular weight excluding hydrogens is 370 g/mol. The van der Waals surface area contributed by atoms with E-state index in [0.29, 0.717) is 23.9 Å². The summed E-state index contributed by atoms with van der Waals surface area (Å²) >= 11 is 0. The molecule has 0 unspecified atom stereocenters. The number of nitrogens with zero attached hydrogens (tertiary/aromatic N) is 2. The van der Waals surface area contributed by atoms with Gasteiger partial charge in [-0.25, -0.2) is 9.78 Å². The van der Waals surface area contributed by atoms with Gasteiger partial charge in [0, 0.05) is 11.8 Å². The van der Waals surface area contributed by atoms with E-state index in [-0.39, 0.29) is 5.56 Å². The topological polar surface area (TPSA) is 93.0 Å². The highest BCUT2D eigenvalue weighted by molar-refractivity contribution is 5.87. The van der Waals surface area contributed by atoms with Crippen LogP contribution in [0.4, 0.5) is 5.82 Å². The Hall–Kier alpha value is -3.87. The van der Waals surface area contributed by atoms with Crippen molar-refractivity contribution in [2.24, 2.45) is 5.10 Å². The number of benzene rings is 2. The number of aryl methyl sites for hydroxylation is 1. The maximum Gasteiger partial charge on any atom is 0.337 e. The van der Waals surface area contributed by atoms with Gasteiger partial charge in [-0.3, -0.25) is 5.43 Å². The first kappa shape index (κ1) is 19.9. The molecule has 0 spiro atoms. The Morgan fingerprint density at radius 2 is 2.03 bits per heavy atom. The van der Waals surface area contributed by atoms with Crippen LogP contribution in [0.25, 0.3) is 0 Å². The second-order valence-corrected chi connectivity index (χ2v) is 6.26. The van der Waals surface area contributed by atoms with Crippen molar-refractivity contribution in [2.45, 2.75) is 13.5 Å². The molecule has 0 amide bonds. The molecule has 148 valence electrons. The molecule has 2 aromatic carbocycles. The van der Waals surface area contributed by atoms with Gasteiger partial charge in [-0.05, 0) is 36.8 Å². The maximum atomic E-state index is 10.9. The highest BCUT2D eigenvalue weighted by Crippen LogP contribution is 2.31. The van der Waals surface area contributed by atoms with Crippen molar-refractivity contribution in [3.8, 4) is 11.5 Å². The first-order valence-corrected chi connectivity index (χ1v) is 8.90. The van der Waals surface area contributed by atoms with E-state index in [4.69, 9.17) is 14.6 Å². The summed E-state index contributed by atoms with van der Waals surface area (Å²) in [6.07, 6.45) is 2.86. The average Bonchev–Trinajstić information content (AvgIpc) is 2.73. The van der Waals surface area contributed by atoms with Crippen molar-refractivity contribution in [3.05, 3.63) is 83.0 Å². The first-order valence-electron chi connectivity index (χ1n) is 8.90. The van der Waals surface area contributed by atoms with Crippen molar-refractivity contribution in [1.29, 1.82) is 0 Å². The number of hydrogen-bond acceptors (Lipinski definition) is 6. The van der Waals surface area contributed by atoms with Gasteiger partial charge < -0.3 is 14.6 Å². The smallest absolute Gasteiger partial charge is 0.337 e. The van der Waals surface area contributed by atoms with Gasteiger partial charge in [-0.2, -0.15) is 5.10 Å². The zero-order chi connectivity index (χ0) is 20.6. The summed E-state index contributed by atoms with van der Waals surface area (Å²) in [7, 11) is 1.59. The number of aromatic nitrogens is 1. The zero-order valence-electron chi connectivity index (χ0n) is 16.1. The van der Waals surface area contributed by atoms with Gasteiger partial charge in [0.25, 0.3) is 0 Å². The van der Waals surface area contributed by atoms with Crippen molar-refractivity contribution in [3.63, 3.8) is 0 Å². The predicted molar refractivity (Wildman–Crippen MR) is 111 cm³/mol. The van der Waals surface area contributed by atoms with Crippen LogP contribution in [0.2, 0.25) is 0 Å². The molecule has 0 radical (unpaired) electrons. The lowest BCUT2D eigenvalue weighted by Crippen LogP contribution is -2.02. The van der Waals surface area contributed by atoms with Crippen LogP contribution < -0.4 is 14.9 Å². The van der Waals surface area contributed by atoms with Gasteiger partial charge in [-0.15, -0.1) is 0 Å². The molecule has 0 atom stereocenters.